The zero-order chi connectivity index (χ0) is 17.3. The number of fused-ring (bicyclic) bond motifs is 2. The highest BCUT2D eigenvalue weighted by molar-refractivity contribution is 5.69. The molecule has 2 aliphatic heterocycles. The van der Waals surface area contributed by atoms with Crippen molar-refractivity contribution in [3.8, 4) is 11.8 Å². The van der Waals surface area contributed by atoms with E-state index in [2.05, 4.69) is 6.07 Å². The van der Waals surface area contributed by atoms with E-state index >= 15 is 0 Å². The van der Waals surface area contributed by atoms with Crippen molar-refractivity contribution in [2.24, 2.45) is 0 Å². The minimum atomic E-state index is -0.466. The quantitative estimate of drug-likeness (QED) is 0.827. The number of carbonyl (C=O) groups excluding carboxylic acids is 1. The molecule has 24 heavy (non-hydrogen) atoms. The van der Waals surface area contributed by atoms with Gasteiger partial charge in [0.1, 0.15) is 17.5 Å². The summed E-state index contributed by atoms with van der Waals surface area (Å²) in [5.41, 5.74) is 0.161. The number of carbonyl (C=O) groups is 1. The summed E-state index contributed by atoms with van der Waals surface area (Å²) in [6.45, 7) is 5.69. The lowest BCUT2D eigenvalue weighted by Gasteiger charge is -2.39. The molecule has 1 aromatic carbocycles. The molecule has 5 heteroatoms. The smallest absolute Gasteiger partial charge is 0.410 e. The Morgan fingerprint density at radius 3 is 2.25 bits per heavy atom. The predicted octanol–water partition coefficient (Wildman–Crippen LogP) is 3.87. The Morgan fingerprint density at radius 2 is 1.75 bits per heavy atom. The molecule has 0 aromatic heterocycles. The van der Waals surface area contributed by atoms with Crippen LogP contribution in [0.1, 0.15) is 52.0 Å². The van der Waals surface area contributed by atoms with Crippen molar-refractivity contribution in [1.82, 2.24) is 4.90 Å². The van der Waals surface area contributed by atoms with Crippen molar-refractivity contribution < 1.29 is 14.3 Å². The van der Waals surface area contributed by atoms with Gasteiger partial charge in [0.05, 0.1) is 11.6 Å². The second-order valence-electron chi connectivity index (χ2n) is 7.62. The Bertz CT molecular complexity index is 628. The minimum absolute atomic E-state index is 0.106. The van der Waals surface area contributed by atoms with E-state index in [1.807, 2.05) is 37.8 Å². The van der Waals surface area contributed by atoms with Gasteiger partial charge in [-0.2, -0.15) is 5.26 Å². The first-order valence-corrected chi connectivity index (χ1v) is 8.54. The molecule has 1 aromatic rings. The Balaban J connectivity index is 1.62. The molecule has 2 saturated heterocycles. The molecule has 3 atom stereocenters. The lowest BCUT2D eigenvalue weighted by molar-refractivity contribution is -0.00707. The summed E-state index contributed by atoms with van der Waals surface area (Å²) < 4.78 is 11.6. The molecule has 2 aliphatic rings. The van der Waals surface area contributed by atoms with E-state index < -0.39 is 5.60 Å². The molecular formula is C19H24N2O3. The maximum absolute atomic E-state index is 12.4. The molecule has 0 saturated carbocycles. The summed E-state index contributed by atoms with van der Waals surface area (Å²) in [6, 6.07) is 9.69. The molecule has 0 aliphatic carbocycles. The second kappa shape index (κ2) is 6.35. The average molecular weight is 328 g/mol. The maximum atomic E-state index is 12.4. The molecule has 0 N–H and O–H groups in total. The third-order valence-corrected chi connectivity index (χ3v) is 4.58. The average Bonchev–Trinajstić information content (AvgIpc) is 2.78. The van der Waals surface area contributed by atoms with Crippen LogP contribution in [0, 0.1) is 11.3 Å². The second-order valence-corrected chi connectivity index (χ2v) is 7.62. The van der Waals surface area contributed by atoms with Gasteiger partial charge in [0, 0.05) is 24.9 Å². The van der Waals surface area contributed by atoms with Crippen LogP contribution in [-0.4, -0.2) is 34.8 Å². The van der Waals surface area contributed by atoms with E-state index in [9.17, 15) is 4.79 Å². The molecule has 2 heterocycles. The van der Waals surface area contributed by atoms with Crippen LogP contribution in [0.25, 0.3) is 0 Å². The highest BCUT2D eigenvalue weighted by atomic mass is 16.6. The fourth-order valence-electron chi connectivity index (χ4n) is 3.64. The van der Waals surface area contributed by atoms with Crippen molar-refractivity contribution in [2.75, 3.05) is 0 Å². The van der Waals surface area contributed by atoms with Crippen LogP contribution < -0.4 is 4.74 Å². The monoisotopic (exact) mass is 328 g/mol. The number of rotatable bonds is 2. The van der Waals surface area contributed by atoms with E-state index in [4.69, 9.17) is 14.7 Å². The number of amides is 1. The first kappa shape index (κ1) is 16.6. The number of nitriles is 1. The van der Waals surface area contributed by atoms with E-state index in [-0.39, 0.29) is 24.3 Å². The third-order valence-electron chi connectivity index (χ3n) is 4.58. The maximum Gasteiger partial charge on any atom is 0.410 e. The molecule has 2 bridgehead atoms. The van der Waals surface area contributed by atoms with Gasteiger partial charge in [0.2, 0.25) is 0 Å². The molecular weight excluding hydrogens is 304 g/mol. The van der Waals surface area contributed by atoms with Gasteiger partial charge in [-0.15, -0.1) is 0 Å². The fourth-order valence-corrected chi connectivity index (χ4v) is 3.64. The summed E-state index contributed by atoms with van der Waals surface area (Å²) in [6.07, 6.45) is 3.58. The first-order valence-electron chi connectivity index (χ1n) is 8.54. The summed E-state index contributed by atoms with van der Waals surface area (Å²) in [5, 5.41) is 8.85. The zero-order valence-electron chi connectivity index (χ0n) is 14.5. The number of benzene rings is 1. The standard InChI is InChI=1S/C19H24N2O3/c1-19(2,3)24-18(22)21-14-6-7-15(21)11-17(10-14)23-16-8-4-13(12-20)5-9-16/h4-5,8-9,14-15,17H,6-7,10-11H2,1-3H3/t14-,15+,17+. The highest BCUT2D eigenvalue weighted by Gasteiger charge is 2.45. The van der Waals surface area contributed by atoms with Crippen LogP contribution in [-0.2, 0) is 4.74 Å². The topological polar surface area (TPSA) is 62.6 Å². The third kappa shape index (κ3) is 3.64. The Morgan fingerprint density at radius 1 is 1.17 bits per heavy atom. The fraction of sp³-hybridized carbons (Fsp3) is 0.579. The summed E-state index contributed by atoms with van der Waals surface area (Å²) in [5.74, 6) is 0.782. The van der Waals surface area contributed by atoms with E-state index in [1.54, 1.807) is 12.1 Å². The number of hydrogen-bond donors (Lipinski definition) is 0. The molecule has 5 nitrogen and oxygen atoms in total. The molecule has 3 rings (SSSR count). The van der Waals surface area contributed by atoms with Crippen LogP contribution in [0.2, 0.25) is 0 Å². The van der Waals surface area contributed by atoms with Gasteiger partial charge in [-0.05, 0) is 57.9 Å². The van der Waals surface area contributed by atoms with E-state index in [0.717, 1.165) is 31.4 Å². The number of hydrogen-bond acceptors (Lipinski definition) is 4. The number of piperidine rings is 1. The molecule has 0 spiro atoms. The van der Waals surface area contributed by atoms with Gasteiger partial charge < -0.3 is 14.4 Å². The van der Waals surface area contributed by atoms with Crippen molar-refractivity contribution in [3.63, 3.8) is 0 Å². The van der Waals surface area contributed by atoms with Gasteiger partial charge in [-0.25, -0.2) is 4.79 Å². The van der Waals surface area contributed by atoms with Crippen molar-refractivity contribution in [1.29, 1.82) is 5.26 Å². The van der Waals surface area contributed by atoms with Crippen LogP contribution in [0.5, 0.6) is 5.75 Å². The lowest BCUT2D eigenvalue weighted by Crippen LogP contribution is -2.50. The minimum Gasteiger partial charge on any atom is -0.490 e. The van der Waals surface area contributed by atoms with E-state index in [0.29, 0.717) is 5.56 Å². The largest absolute Gasteiger partial charge is 0.490 e. The SMILES string of the molecule is CC(C)(C)OC(=O)N1[C@@H]2CC[C@H]1C[C@@H](Oc1ccc(C#N)cc1)C2. The first-order chi connectivity index (χ1) is 11.4. The Labute approximate surface area is 143 Å². The van der Waals surface area contributed by atoms with Crippen LogP contribution >= 0.6 is 0 Å². The van der Waals surface area contributed by atoms with Gasteiger partial charge in [-0.3, -0.25) is 0 Å². The Kier molecular flexibility index (Phi) is 4.40. The molecule has 0 radical (unpaired) electrons. The summed E-state index contributed by atoms with van der Waals surface area (Å²) in [7, 11) is 0. The number of nitrogens with zero attached hydrogens (tertiary/aromatic N) is 2. The molecule has 0 unspecified atom stereocenters. The molecule has 128 valence electrons. The molecule has 2 fully saturated rings. The normalized spacial score (nSPS) is 25.9. The van der Waals surface area contributed by atoms with Crippen molar-refractivity contribution in [2.45, 2.75) is 70.2 Å². The Hall–Kier alpha value is -2.22. The van der Waals surface area contributed by atoms with Gasteiger partial charge >= 0.3 is 6.09 Å². The zero-order valence-corrected chi connectivity index (χ0v) is 14.5. The van der Waals surface area contributed by atoms with Crippen molar-refractivity contribution in [3.05, 3.63) is 29.8 Å². The van der Waals surface area contributed by atoms with E-state index in [1.165, 1.54) is 0 Å². The van der Waals surface area contributed by atoms with Crippen LogP contribution in [0.15, 0.2) is 24.3 Å². The lowest BCUT2D eigenvalue weighted by atomic mass is 10.00. The van der Waals surface area contributed by atoms with Gasteiger partial charge in [-0.1, -0.05) is 0 Å². The van der Waals surface area contributed by atoms with Crippen molar-refractivity contribution >= 4 is 6.09 Å². The number of ether oxygens (including phenoxy) is 2. The highest BCUT2D eigenvalue weighted by Crippen LogP contribution is 2.38. The van der Waals surface area contributed by atoms with Crippen LogP contribution in [0.3, 0.4) is 0 Å². The summed E-state index contributed by atoms with van der Waals surface area (Å²) >= 11 is 0. The van der Waals surface area contributed by atoms with Gasteiger partial charge in [0.15, 0.2) is 0 Å². The summed E-state index contributed by atoms with van der Waals surface area (Å²) in [4.78, 5) is 14.4. The molecule has 1 amide bonds. The predicted molar refractivity (Wildman–Crippen MR) is 89.7 cm³/mol. The van der Waals surface area contributed by atoms with Crippen LogP contribution in [0.4, 0.5) is 4.79 Å². The van der Waals surface area contributed by atoms with Gasteiger partial charge in [0.25, 0.3) is 0 Å².